The highest BCUT2D eigenvalue weighted by Crippen LogP contribution is 2.12. The topological polar surface area (TPSA) is 64.1 Å². The molecule has 2 rings (SSSR count). The summed E-state index contributed by atoms with van der Waals surface area (Å²) in [5.41, 5.74) is 0.230. The zero-order valence-electron chi connectivity index (χ0n) is 13.3. The highest BCUT2D eigenvalue weighted by Gasteiger charge is 2.04. The predicted molar refractivity (Wildman–Crippen MR) is 92.1 cm³/mol. The van der Waals surface area contributed by atoms with Crippen molar-refractivity contribution in [2.24, 2.45) is 0 Å². The van der Waals surface area contributed by atoms with Gasteiger partial charge in [0.1, 0.15) is 16.4 Å². The molecule has 0 unspecified atom stereocenters. The molecule has 2 aromatic rings. The number of hydrogen-bond acceptors (Lipinski definition) is 3. The second-order valence-electron chi connectivity index (χ2n) is 4.99. The van der Waals surface area contributed by atoms with Gasteiger partial charge in [0.25, 0.3) is 11.1 Å². The van der Waals surface area contributed by atoms with Crippen LogP contribution in [0.2, 0.25) is 0 Å². The van der Waals surface area contributed by atoms with Gasteiger partial charge in [0.05, 0.1) is 7.11 Å². The Morgan fingerprint density at radius 3 is 2.78 bits per heavy atom. The second-order valence-corrected chi connectivity index (χ2v) is 4.99. The number of nitrogens with one attached hydrogen (secondary N) is 1. The van der Waals surface area contributed by atoms with Crippen molar-refractivity contribution in [3.05, 3.63) is 73.9 Å². The van der Waals surface area contributed by atoms with E-state index < -0.39 is 0 Å². The van der Waals surface area contributed by atoms with E-state index in [2.05, 4.69) is 11.6 Å². The summed E-state index contributed by atoms with van der Waals surface area (Å²) in [6.45, 7) is 5.84. The molecule has 0 bridgehead atoms. The van der Waals surface area contributed by atoms with Gasteiger partial charge < -0.3 is 9.72 Å². The molecule has 1 N–H and O–H groups in total. The molecule has 1 aromatic carbocycles. The van der Waals surface area contributed by atoms with Crippen LogP contribution in [0.3, 0.4) is 0 Å². The standard InChI is InChI=1S/C18H20N2O3/c1-4-7-15-18(22)20(10-5-2)16(17(21)19-15)12-13-8-6-9-14(11-13)23-3/h5-9,11-12H,2,4,10H2,1,3H3,(H,19,21)/b15-7-,16-12-. The van der Waals surface area contributed by atoms with Gasteiger partial charge in [-0.2, -0.15) is 0 Å². The predicted octanol–water partition coefficient (Wildman–Crippen LogP) is 0.751. The van der Waals surface area contributed by atoms with Crippen molar-refractivity contribution >= 4 is 12.2 Å². The molecular formula is C18H20N2O3. The monoisotopic (exact) mass is 312 g/mol. The van der Waals surface area contributed by atoms with E-state index in [9.17, 15) is 9.59 Å². The fourth-order valence-electron chi connectivity index (χ4n) is 2.30. The highest BCUT2D eigenvalue weighted by molar-refractivity contribution is 5.50. The summed E-state index contributed by atoms with van der Waals surface area (Å²) in [7, 11) is 1.58. The van der Waals surface area contributed by atoms with Crippen LogP contribution in [0.5, 0.6) is 5.75 Å². The Hall–Kier alpha value is -2.82. The van der Waals surface area contributed by atoms with Crippen molar-refractivity contribution < 1.29 is 4.74 Å². The van der Waals surface area contributed by atoms with Crippen LogP contribution in [-0.2, 0) is 6.54 Å². The molecule has 120 valence electrons. The molecule has 0 saturated carbocycles. The molecule has 0 aliphatic heterocycles. The minimum Gasteiger partial charge on any atom is -0.497 e. The first kappa shape index (κ1) is 16.5. The van der Waals surface area contributed by atoms with Gasteiger partial charge >= 0.3 is 0 Å². The number of nitrogens with zero attached hydrogens (tertiary/aromatic N) is 1. The lowest BCUT2D eigenvalue weighted by molar-refractivity contribution is 0.414. The molecular weight excluding hydrogens is 292 g/mol. The van der Waals surface area contributed by atoms with E-state index in [4.69, 9.17) is 4.74 Å². The van der Waals surface area contributed by atoms with Gasteiger partial charge in [-0.05, 0) is 30.2 Å². The maximum absolute atomic E-state index is 12.5. The van der Waals surface area contributed by atoms with Crippen molar-refractivity contribution in [2.75, 3.05) is 7.11 Å². The van der Waals surface area contributed by atoms with Crippen LogP contribution < -0.4 is 26.6 Å². The summed E-state index contributed by atoms with van der Waals surface area (Å²) < 4.78 is 6.60. The minimum absolute atomic E-state index is 0.236. The third-order valence-corrected chi connectivity index (χ3v) is 3.36. The Morgan fingerprint density at radius 1 is 1.35 bits per heavy atom. The number of benzene rings is 1. The molecule has 5 nitrogen and oxygen atoms in total. The van der Waals surface area contributed by atoms with Crippen LogP contribution in [-0.4, -0.2) is 16.7 Å². The van der Waals surface area contributed by atoms with Crippen molar-refractivity contribution in [2.45, 2.75) is 19.9 Å². The normalized spacial score (nSPS) is 12.4. The molecule has 0 atom stereocenters. The Balaban J connectivity index is 2.80. The number of methoxy groups -OCH3 is 1. The Labute approximate surface area is 133 Å². The van der Waals surface area contributed by atoms with E-state index in [0.717, 1.165) is 5.56 Å². The molecule has 0 saturated heterocycles. The van der Waals surface area contributed by atoms with Crippen molar-refractivity contribution in [1.82, 2.24) is 9.55 Å². The number of hydrogen-bond donors (Lipinski definition) is 1. The maximum Gasteiger partial charge on any atom is 0.274 e. The van der Waals surface area contributed by atoms with Gasteiger partial charge in [-0.25, -0.2) is 0 Å². The molecule has 0 radical (unpaired) electrons. The Bertz CT molecular complexity index is 936. The molecule has 5 heteroatoms. The van der Waals surface area contributed by atoms with Crippen LogP contribution in [0.4, 0.5) is 0 Å². The summed E-state index contributed by atoms with van der Waals surface area (Å²) in [4.78, 5) is 27.5. The number of allylic oxidation sites excluding steroid dienone is 1. The SMILES string of the molecule is C=CCn1c(=O)/c(=C/CC)[nH]c(=O)/c1=C/c1cccc(OC)c1. The largest absolute Gasteiger partial charge is 0.497 e. The molecule has 0 aliphatic carbocycles. The molecule has 0 aliphatic rings. The first-order valence-electron chi connectivity index (χ1n) is 7.40. The number of rotatable bonds is 5. The quantitative estimate of drug-likeness (QED) is 0.829. The van der Waals surface area contributed by atoms with Crippen molar-refractivity contribution in [1.29, 1.82) is 0 Å². The third-order valence-electron chi connectivity index (χ3n) is 3.36. The molecule has 0 fully saturated rings. The Morgan fingerprint density at radius 2 is 2.13 bits per heavy atom. The van der Waals surface area contributed by atoms with Crippen LogP contribution in [0, 0.1) is 0 Å². The van der Waals surface area contributed by atoms with Crippen LogP contribution >= 0.6 is 0 Å². The summed E-state index contributed by atoms with van der Waals surface area (Å²) in [6, 6.07) is 7.29. The molecule has 0 amide bonds. The first-order chi connectivity index (χ1) is 11.1. The summed E-state index contributed by atoms with van der Waals surface area (Å²) in [6.07, 6.45) is 5.64. The summed E-state index contributed by atoms with van der Waals surface area (Å²) in [5, 5.41) is 0.596. The fraction of sp³-hybridized carbons (Fsp3) is 0.222. The average molecular weight is 312 g/mol. The maximum atomic E-state index is 12.5. The van der Waals surface area contributed by atoms with E-state index in [1.807, 2.05) is 25.1 Å². The van der Waals surface area contributed by atoms with Gasteiger partial charge in [0, 0.05) is 6.54 Å². The van der Waals surface area contributed by atoms with Gasteiger partial charge in [-0.3, -0.25) is 14.2 Å². The van der Waals surface area contributed by atoms with Crippen molar-refractivity contribution in [3.8, 4) is 5.75 Å². The number of aromatic nitrogens is 2. The lowest BCUT2D eigenvalue weighted by Crippen LogP contribution is -2.53. The summed E-state index contributed by atoms with van der Waals surface area (Å²) in [5.74, 6) is 0.684. The second kappa shape index (κ2) is 7.45. The summed E-state index contributed by atoms with van der Waals surface area (Å²) >= 11 is 0. The third kappa shape index (κ3) is 3.69. The van der Waals surface area contributed by atoms with Gasteiger partial charge in [0.2, 0.25) is 0 Å². The van der Waals surface area contributed by atoms with Crippen LogP contribution in [0.15, 0.2) is 46.5 Å². The lowest BCUT2D eigenvalue weighted by atomic mass is 10.2. The van der Waals surface area contributed by atoms with E-state index in [1.165, 1.54) is 4.57 Å². The Kier molecular flexibility index (Phi) is 5.36. The van der Waals surface area contributed by atoms with E-state index >= 15 is 0 Å². The first-order valence-corrected chi connectivity index (χ1v) is 7.40. The van der Waals surface area contributed by atoms with Gasteiger partial charge in [-0.1, -0.05) is 31.2 Å². The fourth-order valence-corrected chi connectivity index (χ4v) is 2.30. The van der Waals surface area contributed by atoms with E-state index in [1.54, 1.807) is 31.4 Å². The minimum atomic E-state index is -0.311. The van der Waals surface area contributed by atoms with E-state index in [-0.39, 0.29) is 23.0 Å². The number of H-pyrrole nitrogens is 1. The smallest absolute Gasteiger partial charge is 0.274 e. The van der Waals surface area contributed by atoms with E-state index in [0.29, 0.717) is 17.5 Å². The number of ether oxygens (including phenoxy) is 1. The molecule has 0 spiro atoms. The average Bonchev–Trinajstić information content (AvgIpc) is 2.56. The molecule has 1 heterocycles. The molecule has 1 aromatic heterocycles. The van der Waals surface area contributed by atoms with Crippen LogP contribution in [0.25, 0.3) is 12.2 Å². The molecule has 23 heavy (non-hydrogen) atoms. The highest BCUT2D eigenvalue weighted by atomic mass is 16.5. The van der Waals surface area contributed by atoms with Gasteiger partial charge in [-0.15, -0.1) is 6.58 Å². The van der Waals surface area contributed by atoms with Crippen LogP contribution in [0.1, 0.15) is 18.9 Å². The van der Waals surface area contributed by atoms with Crippen molar-refractivity contribution in [3.63, 3.8) is 0 Å². The lowest BCUT2D eigenvalue weighted by Gasteiger charge is -2.05. The van der Waals surface area contributed by atoms with Gasteiger partial charge in [0.15, 0.2) is 0 Å². The zero-order chi connectivity index (χ0) is 16.8. The zero-order valence-corrected chi connectivity index (χ0v) is 13.3. The number of aromatic amines is 1.